The molecule has 20 heavy (non-hydrogen) atoms. The van der Waals surface area contributed by atoms with Gasteiger partial charge in [0.05, 0.1) is 0 Å². The molecule has 0 fully saturated rings. The number of nitrogens with zero attached hydrogens (tertiary/aromatic N) is 1. The summed E-state index contributed by atoms with van der Waals surface area (Å²) in [6.45, 7) is 4.95. The van der Waals surface area contributed by atoms with Crippen LogP contribution in [0.1, 0.15) is 37.7 Å². The van der Waals surface area contributed by atoms with E-state index >= 15 is 0 Å². The molecule has 0 spiro atoms. The third-order valence-corrected chi connectivity index (χ3v) is 2.18. The topological polar surface area (TPSA) is 121 Å². The van der Waals surface area contributed by atoms with Crippen molar-refractivity contribution in [2.24, 2.45) is 0 Å². The molecule has 1 rings (SSSR count). The Morgan fingerprint density at radius 2 is 2.10 bits per heavy atom. The van der Waals surface area contributed by atoms with E-state index in [0.29, 0.717) is 0 Å². The van der Waals surface area contributed by atoms with Crippen molar-refractivity contribution in [3.05, 3.63) is 18.0 Å². The molecule has 0 unspecified atom stereocenters. The van der Waals surface area contributed by atoms with Gasteiger partial charge in [0, 0.05) is 12.6 Å². The highest BCUT2D eigenvalue weighted by Gasteiger charge is 2.26. The van der Waals surface area contributed by atoms with Crippen molar-refractivity contribution in [2.45, 2.75) is 38.8 Å². The zero-order valence-corrected chi connectivity index (χ0v) is 11.5. The molecule has 0 aliphatic rings. The van der Waals surface area contributed by atoms with E-state index in [9.17, 15) is 14.4 Å². The number of carboxylic acids is 1. The highest BCUT2D eigenvalue weighted by Crippen LogP contribution is 2.08. The normalized spacial score (nSPS) is 12.6. The molecule has 0 saturated carbocycles. The highest BCUT2D eigenvalue weighted by atomic mass is 16.6. The van der Waals surface area contributed by atoms with Crippen LogP contribution in [0.15, 0.2) is 12.3 Å². The lowest BCUT2D eigenvalue weighted by Gasteiger charge is -2.21. The fourth-order valence-corrected chi connectivity index (χ4v) is 1.36. The number of hydrogen-bond acceptors (Lipinski definition) is 5. The van der Waals surface area contributed by atoms with E-state index in [1.165, 1.54) is 12.3 Å². The quantitative estimate of drug-likeness (QED) is 0.692. The van der Waals surface area contributed by atoms with Crippen LogP contribution in [0.5, 0.6) is 0 Å². The summed E-state index contributed by atoms with van der Waals surface area (Å²) in [5.74, 6) is -1.78. The lowest BCUT2D eigenvalue weighted by Crippen LogP contribution is -2.44. The number of hydrogen-bond donors (Lipinski definition) is 3. The van der Waals surface area contributed by atoms with Crippen LogP contribution < -0.4 is 5.32 Å². The van der Waals surface area contributed by atoms with Crippen LogP contribution in [0.3, 0.4) is 0 Å². The van der Waals surface area contributed by atoms with Crippen molar-refractivity contribution < 1.29 is 24.2 Å². The van der Waals surface area contributed by atoms with Crippen LogP contribution in [0.25, 0.3) is 0 Å². The summed E-state index contributed by atoms with van der Waals surface area (Å²) in [6, 6.07) is 0.0648. The summed E-state index contributed by atoms with van der Waals surface area (Å²) >= 11 is 0. The summed E-state index contributed by atoms with van der Waals surface area (Å²) in [6.07, 6.45) is 0.100. The van der Waals surface area contributed by atoms with Crippen LogP contribution in [0, 0.1) is 0 Å². The lowest BCUT2D eigenvalue weighted by molar-refractivity contribution is -0.139. The van der Waals surface area contributed by atoms with Gasteiger partial charge in [0.1, 0.15) is 17.3 Å². The summed E-state index contributed by atoms with van der Waals surface area (Å²) in [5.41, 5.74) is -0.567. The Balaban J connectivity index is 2.64. The Morgan fingerprint density at radius 1 is 1.45 bits per heavy atom. The molecule has 110 valence electrons. The van der Waals surface area contributed by atoms with Crippen molar-refractivity contribution >= 4 is 17.8 Å². The summed E-state index contributed by atoms with van der Waals surface area (Å²) in [4.78, 5) is 34.3. The van der Waals surface area contributed by atoms with Crippen LogP contribution in [0.4, 0.5) is 4.79 Å². The number of alkyl carbamates (subject to hydrolysis) is 1. The first-order valence-corrected chi connectivity index (χ1v) is 5.94. The average Bonchev–Trinajstić information content (AvgIpc) is 2.78. The first-order chi connectivity index (χ1) is 9.19. The van der Waals surface area contributed by atoms with Gasteiger partial charge in [-0.05, 0) is 26.8 Å². The van der Waals surface area contributed by atoms with Crippen LogP contribution in [-0.2, 0) is 9.53 Å². The number of H-pyrrole nitrogens is 1. The third kappa shape index (κ3) is 5.09. The number of nitrogens with one attached hydrogen (secondary N) is 2. The molecule has 0 bridgehead atoms. The van der Waals surface area contributed by atoms with Gasteiger partial charge in [-0.1, -0.05) is 0 Å². The van der Waals surface area contributed by atoms with Gasteiger partial charge >= 0.3 is 12.1 Å². The molecular formula is C12H17N3O5. The number of ketones is 1. The number of Topliss-reactive ketones (excluding diaryl/α,β-unsaturated/α-hetero) is 1. The van der Waals surface area contributed by atoms with Gasteiger partial charge in [0.15, 0.2) is 5.78 Å². The molecule has 0 aliphatic carbocycles. The molecule has 0 saturated heterocycles. The number of aliphatic carboxylic acids is 1. The predicted molar refractivity (Wildman–Crippen MR) is 68.3 cm³/mol. The number of carboxylic acid groups (broad SMARTS) is 1. The van der Waals surface area contributed by atoms with E-state index in [1.807, 2.05) is 0 Å². The number of aromatic amines is 1. The zero-order chi connectivity index (χ0) is 15.3. The summed E-state index contributed by atoms with van der Waals surface area (Å²) in [7, 11) is 0. The summed E-state index contributed by atoms with van der Waals surface area (Å²) < 4.78 is 4.95. The summed E-state index contributed by atoms with van der Waals surface area (Å²) in [5, 5.41) is 17.2. The molecule has 1 atom stereocenters. The maximum atomic E-state index is 11.8. The Kier molecular flexibility index (Phi) is 4.84. The van der Waals surface area contributed by atoms with Crippen molar-refractivity contribution in [3.63, 3.8) is 0 Å². The number of amides is 1. The number of aromatic nitrogens is 2. The number of ether oxygens (including phenoxy) is 1. The maximum absolute atomic E-state index is 11.8. The van der Waals surface area contributed by atoms with E-state index in [4.69, 9.17) is 9.84 Å². The van der Waals surface area contributed by atoms with E-state index in [0.717, 1.165) is 0 Å². The third-order valence-electron chi connectivity index (χ3n) is 2.18. The second-order valence-electron chi connectivity index (χ2n) is 5.13. The Labute approximate surface area is 115 Å². The molecule has 0 aliphatic heterocycles. The second-order valence-corrected chi connectivity index (χ2v) is 5.13. The SMILES string of the molecule is CC(C)(C)OC(=O)N[C@@H](CC(=O)c1ccn[nH]1)C(=O)O. The smallest absolute Gasteiger partial charge is 0.408 e. The average molecular weight is 283 g/mol. The van der Waals surface area contributed by atoms with Gasteiger partial charge < -0.3 is 15.2 Å². The molecule has 0 aromatic carbocycles. The van der Waals surface area contributed by atoms with E-state index in [2.05, 4.69) is 15.5 Å². The molecule has 8 nitrogen and oxygen atoms in total. The molecular weight excluding hydrogens is 266 g/mol. The van der Waals surface area contributed by atoms with Crippen LogP contribution in [-0.4, -0.2) is 44.8 Å². The molecule has 1 amide bonds. The van der Waals surface area contributed by atoms with Gasteiger partial charge in [-0.2, -0.15) is 5.10 Å². The minimum absolute atomic E-state index is 0.183. The van der Waals surface area contributed by atoms with Crippen molar-refractivity contribution in [1.82, 2.24) is 15.5 Å². The highest BCUT2D eigenvalue weighted by molar-refractivity contribution is 5.97. The minimum Gasteiger partial charge on any atom is -0.480 e. The largest absolute Gasteiger partial charge is 0.480 e. The molecule has 1 heterocycles. The zero-order valence-electron chi connectivity index (χ0n) is 11.5. The minimum atomic E-state index is -1.36. The van der Waals surface area contributed by atoms with Gasteiger partial charge in [0.2, 0.25) is 0 Å². The molecule has 3 N–H and O–H groups in total. The molecule has 1 aromatic rings. The predicted octanol–water partition coefficient (Wildman–Crippen LogP) is 0.960. The van der Waals surface area contributed by atoms with Gasteiger partial charge in [-0.15, -0.1) is 0 Å². The first-order valence-electron chi connectivity index (χ1n) is 5.94. The first kappa shape index (κ1) is 15.7. The lowest BCUT2D eigenvalue weighted by atomic mass is 10.1. The van der Waals surface area contributed by atoms with Crippen LogP contribution >= 0.6 is 0 Å². The van der Waals surface area contributed by atoms with Crippen molar-refractivity contribution in [3.8, 4) is 0 Å². The molecule has 0 radical (unpaired) electrons. The molecule has 8 heteroatoms. The van der Waals surface area contributed by atoms with Gasteiger partial charge in [-0.25, -0.2) is 9.59 Å². The van der Waals surface area contributed by atoms with Crippen molar-refractivity contribution in [1.29, 1.82) is 0 Å². The second kappa shape index (κ2) is 6.18. The van der Waals surface area contributed by atoms with Gasteiger partial charge in [-0.3, -0.25) is 9.89 Å². The fourth-order valence-electron chi connectivity index (χ4n) is 1.36. The van der Waals surface area contributed by atoms with Crippen molar-refractivity contribution in [2.75, 3.05) is 0 Å². The fraction of sp³-hybridized carbons (Fsp3) is 0.500. The van der Waals surface area contributed by atoms with E-state index < -0.39 is 35.9 Å². The standard InChI is InChI=1S/C12H17N3O5/c1-12(2,3)20-11(19)14-8(10(17)18)6-9(16)7-4-5-13-15-7/h4-5,8H,6H2,1-3H3,(H,13,15)(H,14,19)(H,17,18)/t8-/m0/s1. The van der Waals surface area contributed by atoms with E-state index in [1.54, 1.807) is 20.8 Å². The maximum Gasteiger partial charge on any atom is 0.408 e. The number of rotatable bonds is 5. The monoisotopic (exact) mass is 283 g/mol. The Hall–Kier alpha value is -2.38. The van der Waals surface area contributed by atoms with Crippen LogP contribution in [0.2, 0.25) is 0 Å². The number of carbonyl (C=O) groups excluding carboxylic acids is 2. The van der Waals surface area contributed by atoms with E-state index in [-0.39, 0.29) is 5.69 Å². The Bertz CT molecular complexity index is 490. The Morgan fingerprint density at radius 3 is 2.55 bits per heavy atom. The molecule has 1 aromatic heterocycles. The van der Waals surface area contributed by atoms with Gasteiger partial charge in [0.25, 0.3) is 0 Å². The number of carbonyl (C=O) groups is 3.